The number of aliphatic hydroxyl groups excluding tert-OH is 1. The molecule has 0 heterocycles. The van der Waals surface area contributed by atoms with E-state index in [4.69, 9.17) is 5.73 Å². The number of halogens is 1. The molecule has 0 saturated heterocycles. The van der Waals surface area contributed by atoms with Crippen LogP contribution < -0.4 is 11.1 Å². The topological polar surface area (TPSA) is 75.4 Å². The van der Waals surface area contributed by atoms with Crippen LogP contribution in [0.2, 0.25) is 0 Å². The Morgan fingerprint density at radius 3 is 2.63 bits per heavy atom. The number of aliphatic hydroxyl groups is 1. The second-order valence-electron chi connectivity index (χ2n) is 5.18. The molecule has 0 aliphatic heterocycles. The zero-order valence-corrected chi connectivity index (χ0v) is 10.9. The third-order valence-electron chi connectivity index (χ3n) is 3.55. The highest BCUT2D eigenvalue weighted by Gasteiger charge is 2.23. The highest BCUT2D eigenvalue weighted by molar-refractivity contribution is 5.95. The van der Waals surface area contributed by atoms with Gasteiger partial charge >= 0.3 is 0 Å². The Morgan fingerprint density at radius 2 is 2.00 bits per heavy atom. The van der Waals surface area contributed by atoms with Gasteiger partial charge in [-0.3, -0.25) is 4.79 Å². The van der Waals surface area contributed by atoms with Crippen molar-refractivity contribution in [3.05, 3.63) is 29.1 Å². The van der Waals surface area contributed by atoms with Crippen molar-refractivity contribution in [1.29, 1.82) is 0 Å². The lowest BCUT2D eigenvalue weighted by atomic mass is 9.93. The van der Waals surface area contributed by atoms with Gasteiger partial charge in [-0.05, 0) is 50.3 Å². The van der Waals surface area contributed by atoms with Crippen molar-refractivity contribution in [2.75, 3.05) is 5.73 Å². The monoisotopic (exact) mass is 266 g/mol. The summed E-state index contributed by atoms with van der Waals surface area (Å²) in [7, 11) is 0. The van der Waals surface area contributed by atoms with Gasteiger partial charge in [0.25, 0.3) is 5.91 Å². The number of anilines is 1. The molecule has 4 nitrogen and oxygen atoms in total. The molecule has 0 unspecified atom stereocenters. The molecule has 1 aliphatic rings. The number of amides is 1. The van der Waals surface area contributed by atoms with Crippen LogP contribution in [0.1, 0.15) is 41.6 Å². The first-order valence-electron chi connectivity index (χ1n) is 6.52. The van der Waals surface area contributed by atoms with E-state index >= 15 is 0 Å². The number of nitrogen functional groups attached to an aromatic ring is 1. The fourth-order valence-corrected chi connectivity index (χ4v) is 2.45. The van der Waals surface area contributed by atoms with Gasteiger partial charge < -0.3 is 16.2 Å². The van der Waals surface area contributed by atoms with Crippen LogP contribution in [0.3, 0.4) is 0 Å². The molecule has 1 aromatic carbocycles. The van der Waals surface area contributed by atoms with Gasteiger partial charge in [0.05, 0.1) is 11.7 Å². The number of nitrogens with one attached hydrogen (secondary N) is 1. The molecule has 1 fully saturated rings. The Balaban J connectivity index is 2.08. The smallest absolute Gasteiger partial charge is 0.254 e. The molecular weight excluding hydrogens is 247 g/mol. The van der Waals surface area contributed by atoms with Gasteiger partial charge in [-0.2, -0.15) is 0 Å². The van der Waals surface area contributed by atoms with E-state index < -0.39 is 11.7 Å². The zero-order valence-electron chi connectivity index (χ0n) is 10.9. The Kier molecular flexibility index (Phi) is 4.04. The van der Waals surface area contributed by atoms with E-state index in [1.807, 2.05) is 0 Å². The minimum Gasteiger partial charge on any atom is -0.399 e. The number of rotatable bonds is 2. The average molecular weight is 266 g/mol. The Morgan fingerprint density at radius 1 is 1.37 bits per heavy atom. The summed E-state index contributed by atoms with van der Waals surface area (Å²) in [5.41, 5.74) is 6.37. The van der Waals surface area contributed by atoms with Crippen LogP contribution in [0, 0.1) is 12.7 Å². The van der Waals surface area contributed by atoms with Gasteiger partial charge in [0.15, 0.2) is 0 Å². The molecule has 0 bridgehead atoms. The number of aryl methyl sites for hydroxylation is 1. The van der Waals surface area contributed by atoms with Crippen molar-refractivity contribution >= 4 is 11.6 Å². The molecule has 1 aromatic rings. The maximum atomic E-state index is 13.9. The minimum absolute atomic E-state index is 0.00274. The minimum atomic E-state index is -0.525. The lowest BCUT2D eigenvalue weighted by molar-refractivity contribution is 0.0864. The summed E-state index contributed by atoms with van der Waals surface area (Å²) >= 11 is 0. The van der Waals surface area contributed by atoms with Crippen LogP contribution in [-0.4, -0.2) is 23.2 Å². The summed E-state index contributed by atoms with van der Waals surface area (Å²) in [5, 5.41) is 12.2. The quantitative estimate of drug-likeness (QED) is 0.714. The molecule has 19 heavy (non-hydrogen) atoms. The lowest BCUT2D eigenvalue weighted by Gasteiger charge is -2.26. The predicted molar refractivity (Wildman–Crippen MR) is 71.3 cm³/mol. The molecule has 1 aliphatic carbocycles. The number of hydrogen-bond acceptors (Lipinski definition) is 3. The van der Waals surface area contributed by atoms with Crippen molar-refractivity contribution in [3.8, 4) is 0 Å². The standard InChI is InChI=1S/C14H19FN2O2/c1-8-6-9(16)7-12(13(8)15)14(19)17-10-2-4-11(18)5-3-10/h6-7,10-11,18H,2-5,16H2,1H3,(H,17,19). The number of nitrogens with two attached hydrogens (primary N) is 1. The second kappa shape index (κ2) is 5.57. The molecule has 0 spiro atoms. The molecule has 0 atom stereocenters. The van der Waals surface area contributed by atoms with Crippen LogP contribution in [0.4, 0.5) is 10.1 Å². The van der Waals surface area contributed by atoms with E-state index in [1.54, 1.807) is 6.92 Å². The fourth-order valence-electron chi connectivity index (χ4n) is 2.45. The number of carbonyl (C=O) groups excluding carboxylic acids is 1. The average Bonchev–Trinajstić information content (AvgIpc) is 2.36. The summed E-state index contributed by atoms with van der Waals surface area (Å²) in [6.07, 6.45) is 2.50. The number of carbonyl (C=O) groups is 1. The summed E-state index contributed by atoms with van der Waals surface area (Å²) < 4.78 is 13.9. The third kappa shape index (κ3) is 3.23. The Labute approximate surface area is 111 Å². The maximum Gasteiger partial charge on any atom is 0.254 e. The first-order chi connectivity index (χ1) is 8.97. The van der Waals surface area contributed by atoms with Crippen LogP contribution in [0.25, 0.3) is 0 Å². The highest BCUT2D eigenvalue weighted by atomic mass is 19.1. The zero-order chi connectivity index (χ0) is 14.0. The summed E-state index contributed by atoms with van der Waals surface area (Å²) in [5.74, 6) is -0.961. The molecule has 1 amide bonds. The molecule has 2 rings (SSSR count). The lowest BCUT2D eigenvalue weighted by Crippen LogP contribution is -2.39. The molecular formula is C14H19FN2O2. The SMILES string of the molecule is Cc1cc(N)cc(C(=O)NC2CCC(O)CC2)c1F. The molecule has 0 radical (unpaired) electrons. The van der Waals surface area contributed by atoms with Gasteiger partial charge in [0.2, 0.25) is 0 Å². The first kappa shape index (κ1) is 13.8. The third-order valence-corrected chi connectivity index (χ3v) is 3.55. The summed E-state index contributed by atoms with van der Waals surface area (Å²) in [6, 6.07) is 2.86. The van der Waals surface area contributed by atoms with E-state index in [2.05, 4.69) is 5.32 Å². The van der Waals surface area contributed by atoms with Crippen LogP contribution in [0.15, 0.2) is 12.1 Å². The molecule has 5 heteroatoms. The van der Waals surface area contributed by atoms with Crippen molar-refractivity contribution < 1.29 is 14.3 Å². The van der Waals surface area contributed by atoms with Crippen LogP contribution >= 0.6 is 0 Å². The van der Waals surface area contributed by atoms with E-state index in [0.717, 1.165) is 12.8 Å². The van der Waals surface area contributed by atoms with E-state index in [1.165, 1.54) is 12.1 Å². The van der Waals surface area contributed by atoms with Crippen LogP contribution in [0.5, 0.6) is 0 Å². The normalized spacial score (nSPS) is 23.1. The van der Waals surface area contributed by atoms with Crippen LogP contribution in [-0.2, 0) is 0 Å². The van der Waals surface area contributed by atoms with E-state index in [9.17, 15) is 14.3 Å². The predicted octanol–water partition coefficient (Wildman–Crippen LogP) is 1.75. The van der Waals surface area contributed by atoms with E-state index in [-0.39, 0.29) is 17.7 Å². The Bertz CT molecular complexity index is 483. The van der Waals surface area contributed by atoms with Gasteiger partial charge in [0.1, 0.15) is 5.82 Å². The van der Waals surface area contributed by atoms with Crippen molar-refractivity contribution in [3.63, 3.8) is 0 Å². The molecule has 104 valence electrons. The molecule has 1 saturated carbocycles. The van der Waals surface area contributed by atoms with Gasteiger partial charge in [-0.15, -0.1) is 0 Å². The number of hydrogen-bond donors (Lipinski definition) is 3. The molecule has 4 N–H and O–H groups in total. The van der Waals surface area contributed by atoms with Crippen molar-refractivity contribution in [1.82, 2.24) is 5.32 Å². The maximum absolute atomic E-state index is 13.9. The van der Waals surface area contributed by atoms with Crippen molar-refractivity contribution in [2.45, 2.75) is 44.8 Å². The summed E-state index contributed by atoms with van der Waals surface area (Å²) in [6.45, 7) is 1.58. The first-order valence-corrected chi connectivity index (χ1v) is 6.52. The van der Waals surface area contributed by atoms with E-state index in [0.29, 0.717) is 24.1 Å². The van der Waals surface area contributed by atoms with Crippen molar-refractivity contribution in [2.24, 2.45) is 0 Å². The second-order valence-corrected chi connectivity index (χ2v) is 5.18. The number of benzene rings is 1. The summed E-state index contributed by atoms with van der Waals surface area (Å²) in [4.78, 5) is 12.1. The molecule has 0 aromatic heterocycles. The Hall–Kier alpha value is -1.62. The van der Waals surface area contributed by atoms with Gasteiger partial charge in [-0.1, -0.05) is 0 Å². The van der Waals surface area contributed by atoms with Gasteiger partial charge in [-0.25, -0.2) is 4.39 Å². The fraction of sp³-hybridized carbons (Fsp3) is 0.500. The highest BCUT2D eigenvalue weighted by Crippen LogP contribution is 2.21. The largest absolute Gasteiger partial charge is 0.399 e. The van der Waals surface area contributed by atoms with Gasteiger partial charge in [0, 0.05) is 11.7 Å².